The minimum atomic E-state index is -0.387. The molecule has 1 atom stereocenters. The first-order chi connectivity index (χ1) is 7.66. The van der Waals surface area contributed by atoms with Crippen molar-refractivity contribution in [3.05, 3.63) is 16.4 Å². The Morgan fingerprint density at radius 2 is 2.38 bits per heavy atom. The van der Waals surface area contributed by atoms with E-state index in [1.165, 1.54) is 12.8 Å². The van der Waals surface area contributed by atoms with E-state index in [4.69, 9.17) is 4.52 Å². The van der Waals surface area contributed by atoms with Crippen LogP contribution >= 0.6 is 0 Å². The number of nitrogens with zero attached hydrogens (tertiary/aromatic N) is 2. The quantitative estimate of drug-likeness (QED) is 0.838. The second kappa shape index (κ2) is 4.82. The molecule has 1 unspecified atom stereocenters. The number of aromatic nitrogens is 2. The van der Waals surface area contributed by atoms with Gasteiger partial charge in [-0.05, 0) is 33.2 Å². The molecule has 1 fully saturated rings. The molecule has 1 N–H and O–H groups in total. The Morgan fingerprint density at radius 3 is 3.00 bits per heavy atom. The van der Waals surface area contributed by atoms with Gasteiger partial charge in [-0.2, -0.15) is 10.1 Å². The first-order valence-corrected chi connectivity index (χ1v) is 5.97. The molecule has 90 valence electrons. The Hall–Kier alpha value is -1.10. The minimum Gasteiger partial charge on any atom is -0.362 e. The van der Waals surface area contributed by atoms with E-state index < -0.39 is 0 Å². The van der Waals surface area contributed by atoms with E-state index in [0.717, 1.165) is 19.4 Å². The van der Waals surface area contributed by atoms with Crippen LogP contribution in [0.5, 0.6) is 0 Å². The van der Waals surface area contributed by atoms with Crippen LogP contribution in [0.25, 0.3) is 0 Å². The molecule has 1 aromatic rings. The van der Waals surface area contributed by atoms with Crippen molar-refractivity contribution in [2.45, 2.75) is 51.6 Å². The van der Waals surface area contributed by atoms with E-state index in [1.807, 2.05) is 0 Å². The maximum Gasteiger partial charge on any atom is 0.377 e. The van der Waals surface area contributed by atoms with Crippen molar-refractivity contribution in [2.75, 3.05) is 6.54 Å². The fraction of sp³-hybridized carbons (Fsp3) is 0.818. The van der Waals surface area contributed by atoms with E-state index in [0.29, 0.717) is 18.0 Å². The Morgan fingerprint density at radius 1 is 1.56 bits per heavy atom. The highest BCUT2D eigenvalue weighted by atomic mass is 16.5. The van der Waals surface area contributed by atoms with Crippen LogP contribution in [0.2, 0.25) is 0 Å². The lowest BCUT2D eigenvalue weighted by molar-refractivity contribution is 0.105. The highest BCUT2D eigenvalue weighted by Crippen LogP contribution is 2.21. The zero-order chi connectivity index (χ0) is 11.5. The van der Waals surface area contributed by atoms with Gasteiger partial charge < -0.3 is 4.52 Å². The molecule has 0 aliphatic carbocycles. The lowest BCUT2D eigenvalue weighted by Crippen LogP contribution is -2.45. The van der Waals surface area contributed by atoms with Crippen molar-refractivity contribution in [3.63, 3.8) is 0 Å². The topological polar surface area (TPSA) is 62.1 Å². The van der Waals surface area contributed by atoms with E-state index >= 15 is 0 Å². The maximum atomic E-state index is 10.9. The van der Waals surface area contributed by atoms with Gasteiger partial charge in [0.1, 0.15) is 0 Å². The van der Waals surface area contributed by atoms with Crippen molar-refractivity contribution in [1.82, 2.24) is 15.0 Å². The van der Waals surface area contributed by atoms with Crippen LogP contribution < -0.4 is 5.69 Å². The second-order valence-electron chi connectivity index (χ2n) is 4.70. The van der Waals surface area contributed by atoms with Crippen molar-refractivity contribution in [2.24, 2.45) is 0 Å². The molecule has 1 aromatic heterocycles. The minimum absolute atomic E-state index is 0.387. The predicted molar refractivity (Wildman–Crippen MR) is 60.3 cm³/mol. The van der Waals surface area contributed by atoms with Gasteiger partial charge in [0.05, 0.1) is 0 Å². The number of hydrogen-bond acceptors (Lipinski definition) is 4. The smallest absolute Gasteiger partial charge is 0.362 e. The molecule has 5 nitrogen and oxygen atoms in total. The molecule has 2 heterocycles. The molecule has 0 saturated carbocycles. The second-order valence-corrected chi connectivity index (χ2v) is 4.70. The normalized spacial score (nSPS) is 22.8. The summed E-state index contributed by atoms with van der Waals surface area (Å²) in [5.74, 6) is 0.530. The Balaban J connectivity index is 2.03. The standard InChI is InChI=1S/C11H19N3O2/c1-8(2)14-6-4-3-5-9(14)7-10-12-11(15)13-16-10/h8-9H,3-7H2,1-2H3,(H,13,15). The zero-order valence-corrected chi connectivity index (χ0v) is 9.90. The SMILES string of the molecule is CC(C)N1CCCCC1Cc1nc(=O)[nH]o1. The molecule has 1 aliphatic heterocycles. The van der Waals surface area contributed by atoms with E-state index in [2.05, 4.69) is 28.9 Å². The third-order valence-corrected chi connectivity index (χ3v) is 3.23. The first kappa shape index (κ1) is 11.4. The number of likely N-dealkylation sites (tertiary alicyclic amines) is 1. The van der Waals surface area contributed by atoms with Crippen LogP contribution in [0.15, 0.2) is 9.32 Å². The van der Waals surface area contributed by atoms with E-state index in [1.54, 1.807) is 0 Å². The molecule has 0 radical (unpaired) electrons. The van der Waals surface area contributed by atoms with Gasteiger partial charge in [0.2, 0.25) is 5.89 Å². The molecule has 16 heavy (non-hydrogen) atoms. The van der Waals surface area contributed by atoms with Crippen molar-refractivity contribution < 1.29 is 4.52 Å². The van der Waals surface area contributed by atoms with Gasteiger partial charge >= 0.3 is 5.69 Å². The van der Waals surface area contributed by atoms with Crippen LogP contribution in [0.4, 0.5) is 0 Å². The van der Waals surface area contributed by atoms with Gasteiger partial charge in [0, 0.05) is 18.5 Å². The number of piperidine rings is 1. The molecule has 0 spiro atoms. The van der Waals surface area contributed by atoms with Crippen LogP contribution in [0.3, 0.4) is 0 Å². The maximum absolute atomic E-state index is 10.9. The van der Waals surface area contributed by atoms with Crippen molar-refractivity contribution in [3.8, 4) is 0 Å². The summed E-state index contributed by atoms with van der Waals surface area (Å²) in [7, 11) is 0. The Labute approximate surface area is 94.8 Å². The monoisotopic (exact) mass is 225 g/mol. The highest BCUT2D eigenvalue weighted by molar-refractivity contribution is 4.87. The van der Waals surface area contributed by atoms with Gasteiger partial charge in [-0.25, -0.2) is 4.79 Å². The lowest BCUT2D eigenvalue weighted by Gasteiger charge is -2.38. The molecule has 1 saturated heterocycles. The summed E-state index contributed by atoms with van der Waals surface area (Å²) in [6.45, 7) is 5.55. The van der Waals surface area contributed by atoms with Crippen molar-refractivity contribution >= 4 is 0 Å². The summed E-state index contributed by atoms with van der Waals surface area (Å²) in [6.07, 6.45) is 4.41. The summed E-state index contributed by atoms with van der Waals surface area (Å²) in [5, 5.41) is 2.24. The van der Waals surface area contributed by atoms with Crippen LogP contribution in [0.1, 0.15) is 39.0 Å². The molecular weight excluding hydrogens is 206 g/mol. The Kier molecular flexibility index (Phi) is 3.43. The number of rotatable bonds is 3. The van der Waals surface area contributed by atoms with Gasteiger partial charge in [-0.3, -0.25) is 4.90 Å². The predicted octanol–water partition coefficient (Wildman–Crippen LogP) is 1.17. The molecular formula is C11H19N3O2. The fourth-order valence-electron chi connectivity index (χ4n) is 2.47. The fourth-order valence-corrected chi connectivity index (χ4v) is 2.47. The average Bonchev–Trinajstić information content (AvgIpc) is 2.64. The molecule has 0 aromatic carbocycles. The Bertz CT molecular complexity index is 383. The number of H-pyrrole nitrogens is 1. The summed E-state index contributed by atoms with van der Waals surface area (Å²) in [5.41, 5.74) is -0.387. The van der Waals surface area contributed by atoms with Gasteiger partial charge in [-0.1, -0.05) is 6.42 Å². The summed E-state index contributed by atoms with van der Waals surface area (Å²) in [6, 6.07) is 0.996. The van der Waals surface area contributed by atoms with Crippen molar-refractivity contribution in [1.29, 1.82) is 0 Å². The van der Waals surface area contributed by atoms with Crippen LogP contribution in [-0.2, 0) is 6.42 Å². The molecule has 2 rings (SSSR count). The number of aromatic amines is 1. The van der Waals surface area contributed by atoms with Crippen LogP contribution in [-0.4, -0.2) is 33.7 Å². The molecule has 5 heteroatoms. The molecule has 0 amide bonds. The third-order valence-electron chi connectivity index (χ3n) is 3.23. The van der Waals surface area contributed by atoms with Gasteiger partial charge in [0.15, 0.2) is 0 Å². The zero-order valence-electron chi connectivity index (χ0n) is 9.90. The summed E-state index contributed by atoms with van der Waals surface area (Å²) >= 11 is 0. The largest absolute Gasteiger partial charge is 0.377 e. The summed E-state index contributed by atoms with van der Waals surface area (Å²) in [4.78, 5) is 17.1. The highest BCUT2D eigenvalue weighted by Gasteiger charge is 2.26. The number of nitrogens with one attached hydrogen (secondary N) is 1. The average molecular weight is 225 g/mol. The van der Waals surface area contributed by atoms with Gasteiger partial charge in [-0.15, -0.1) is 0 Å². The van der Waals surface area contributed by atoms with E-state index in [-0.39, 0.29) is 5.69 Å². The lowest BCUT2D eigenvalue weighted by atomic mass is 9.98. The molecule has 1 aliphatic rings. The molecule has 0 bridgehead atoms. The third kappa shape index (κ3) is 2.52. The number of hydrogen-bond donors (Lipinski definition) is 1. The van der Waals surface area contributed by atoms with Crippen LogP contribution in [0, 0.1) is 0 Å². The first-order valence-electron chi connectivity index (χ1n) is 5.97. The summed E-state index contributed by atoms with van der Waals surface area (Å²) < 4.78 is 5.02. The van der Waals surface area contributed by atoms with E-state index in [9.17, 15) is 4.79 Å². The van der Waals surface area contributed by atoms with Gasteiger partial charge in [0.25, 0.3) is 0 Å².